The molecule has 1 N–H and O–H groups in total. The van der Waals surface area contributed by atoms with E-state index < -0.39 is 5.41 Å². The fourth-order valence-corrected chi connectivity index (χ4v) is 2.67. The van der Waals surface area contributed by atoms with Gasteiger partial charge in [-0.25, -0.2) is 0 Å². The van der Waals surface area contributed by atoms with Crippen molar-refractivity contribution in [2.24, 2.45) is 5.41 Å². The molecule has 4 heteroatoms. The van der Waals surface area contributed by atoms with Gasteiger partial charge >= 0.3 is 0 Å². The highest BCUT2D eigenvalue weighted by Gasteiger charge is 2.57. The lowest BCUT2D eigenvalue weighted by atomic mass is 10.0. The first kappa shape index (κ1) is 15.5. The number of benzene rings is 1. The van der Waals surface area contributed by atoms with E-state index in [1.54, 1.807) is 4.90 Å². The zero-order valence-electron chi connectivity index (χ0n) is 13.3. The van der Waals surface area contributed by atoms with E-state index in [9.17, 15) is 9.59 Å². The number of hydrogen-bond acceptors (Lipinski definition) is 2. The third-order valence-electron chi connectivity index (χ3n) is 4.27. The van der Waals surface area contributed by atoms with Crippen LogP contribution >= 0.6 is 0 Å². The van der Waals surface area contributed by atoms with Gasteiger partial charge in [0.2, 0.25) is 11.8 Å². The number of hydrogen-bond donors (Lipinski definition) is 1. The topological polar surface area (TPSA) is 49.4 Å². The summed E-state index contributed by atoms with van der Waals surface area (Å²) in [7, 11) is 0. The first-order valence-electron chi connectivity index (χ1n) is 7.62. The minimum Gasteiger partial charge on any atom is -0.342 e. The number of nitrogens with zero attached hydrogens (tertiary/aromatic N) is 1. The number of aryl methyl sites for hydroxylation is 2. The van der Waals surface area contributed by atoms with E-state index in [4.69, 9.17) is 0 Å². The monoisotopic (exact) mass is 288 g/mol. The van der Waals surface area contributed by atoms with Crippen LogP contribution in [-0.2, 0) is 9.59 Å². The summed E-state index contributed by atoms with van der Waals surface area (Å²) >= 11 is 0. The number of amides is 2. The molecular formula is C17H24N2O2. The van der Waals surface area contributed by atoms with E-state index in [1.807, 2.05) is 45.9 Å². The van der Waals surface area contributed by atoms with Gasteiger partial charge in [0.15, 0.2) is 0 Å². The summed E-state index contributed by atoms with van der Waals surface area (Å²) in [6, 6.07) is 5.90. The van der Waals surface area contributed by atoms with Gasteiger partial charge in [-0.05, 0) is 52.2 Å². The summed E-state index contributed by atoms with van der Waals surface area (Å²) in [6.07, 6.45) is 1.30. The first-order chi connectivity index (χ1) is 9.94. The Morgan fingerprint density at radius 2 is 1.81 bits per heavy atom. The second-order valence-electron chi connectivity index (χ2n) is 5.83. The number of nitrogens with one attached hydrogen (secondary N) is 1. The van der Waals surface area contributed by atoms with E-state index in [0.717, 1.165) is 16.8 Å². The minimum absolute atomic E-state index is 0.0326. The lowest BCUT2D eigenvalue weighted by molar-refractivity contribution is -0.141. The van der Waals surface area contributed by atoms with E-state index in [1.165, 1.54) is 0 Å². The molecule has 1 aromatic carbocycles. The molecule has 0 atom stereocenters. The standard InChI is InChI=1S/C17H24N2O2/c1-5-19(6-2)16(21)17(9-10-17)15(20)18-14-8-7-12(3)11-13(14)4/h7-8,11H,5-6,9-10H2,1-4H3,(H,18,20). The Morgan fingerprint density at radius 3 is 2.29 bits per heavy atom. The van der Waals surface area contributed by atoms with Crippen molar-refractivity contribution in [2.75, 3.05) is 18.4 Å². The molecule has 0 bridgehead atoms. The average Bonchev–Trinajstić information content (AvgIpc) is 3.24. The molecule has 1 aromatic rings. The van der Waals surface area contributed by atoms with E-state index in [2.05, 4.69) is 5.32 Å². The maximum absolute atomic E-state index is 12.6. The normalized spacial score (nSPS) is 15.4. The second kappa shape index (κ2) is 5.88. The van der Waals surface area contributed by atoms with Crippen molar-refractivity contribution in [1.82, 2.24) is 4.90 Å². The highest BCUT2D eigenvalue weighted by Crippen LogP contribution is 2.48. The molecule has 2 rings (SSSR count). The lowest BCUT2D eigenvalue weighted by Gasteiger charge is -2.24. The summed E-state index contributed by atoms with van der Waals surface area (Å²) in [4.78, 5) is 26.8. The van der Waals surface area contributed by atoms with Gasteiger partial charge in [-0.2, -0.15) is 0 Å². The maximum Gasteiger partial charge on any atom is 0.240 e. The Morgan fingerprint density at radius 1 is 1.19 bits per heavy atom. The quantitative estimate of drug-likeness (QED) is 0.847. The molecule has 0 radical (unpaired) electrons. The number of carbonyl (C=O) groups excluding carboxylic acids is 2. The summed E-state index contributed by atoms with van der Waals surface area (Å²) in [6.45, 7) is 9.17. The van der Waals surface area contributed by atoms with Crippen LogP contribution in [0.1, 0.15) is 37.8 Å². The van der Waals surface area contributed by atoms with Crippen LogP contribution in [0.5, 0.6) is 0 Å². The third-order valence-corrected chi connectivity index (χ3v) is 4.27. The minimum atomic E-state index is -0.830. The van der Waals surface area contributed by atoms with Crippen LogP contribution in [0.4, 0.5) is 5.69 Å². The zero-order valence-corrected chi connectivity index (χ0v) is 13.3. The van der Waals surface area contributed by atoms with Gasteiger partial charge in [-0.1, -0.05) is 17.7 Å². The molecule has 21 heavy (non-hydrogen) atoms. The van der Waals surface area contributed by atoms with Crippen molar-refractivity contribution in [3.8, 4) is 0 Å². The average molecular weight is 288 g/mol. The molecule has 0 saturated heterocycles. The number of anilines is 1. The molecule has 1 aliphatic carbocycles. The molecule has 1 aliphatic rings. The Hall–Kier alpha value is -1.84. The van der Waals surface area contributed by atoms with Gasteiger partial charge in [-0.3, -0.25) is 9.59 Å². The Bertz CT molecular complexity index is 558. The fraction of sp³-hybridized carbons (Fsp3) is 0.529. The van der Waals surface area contributed by atoms with Gasteiger partial charge in [0.25, 0.3) is 0 Å². The van der Waals surface area contributed by atoms with Crippen LogP contribution in [0, 0.1) is 19.3 Å². The first-order valence-corrected chi connectivity index (χ1v) is 7.62. The Balaban J connectivity index is 2.14. The van der Waals surface area contributed by atoms with Crippen molar-refractivity contribution in [3.05, 3.63) is 29.3 Å². The summed E-state index contributed by atoms with van der Waals surface area (Å²) < 4.78 is 0. The van der Waals surface area contributed by atoms with E-state index in [-0.39, 0.29) is 11.8 Å². The van der Waals surface area contributed by atoms with Crippen LogP contribution in [0.25, 0.3) is 0 Å². The van der Waals surface area contributed by atoms with Crippen LogP contribution in [0.15, 0.2) is 18.2 Å². The summed E-state index contributed by atoms with van der Waals surface area (Å²) in [5, 5.41) is 2.94. The largest absolute Gasteiger partial charge is 0.342 e. The molecule has 0 unspecified atom stereocenters. The molecule has 1 saturated carbocycles. The van der Waals surface area contributed by atoms with Crippen LogP contribution in [-0.4, -0.2) is 29.8 Å². The molecule has 2 amide bonds. The Kier molecular flexibility index (Phi) is 4.35. The van der Waals surface area contributed by atoms with Crippen molar-refractivity contribution < 1.29 is 9.59 Å². The smallest absolute Gasteiger partial charge is 0.240 e. The summed E-state index contributed by atoms with van der Waals surface area (Å²) in [5.74, 6) is -0.193. The lowest BCUT2D eigenvalue weighted by Crippen LogP contribution is -2.42. The molecular weight excluding hydrogens is 264 g/mol. The third kappa shape index (κ3) is 2.94. The van der Waals surface area contributed by atoms with Gasteiger partial charge < -0.3 is 10.2 Å². The van der Waals surface area contributed by atoms with Gasteiger partial charge in [0.05, 0.1) is 0 Å². The summed E-state index contributed by atoms with van der Waals surface area (Å²) in [5.41, 5.74) is 2.15. The van der Waals surface area contributed by atoms with Crippen molar-refractivity contribution in [3.63, 3.8) is 0 Å². The van der Waals surface area contributed by atoms with Crippen molar-refractivity contribution in [1.29, 1.82) is 0 Å². The van der Waals surface area contributed by atoms with Crippen LogP contribution in [0.3, 0.4) is 0 Å². The van der Waals surface area contributed by atoms with Gasteiger partial charge in [0.1, 0.15) is 5.41 Å². The van der Waals surface area contributed by atoms with E-state index in [0.29, 0.717) is 25.9 Å². The Labute approximate surface area is 126 Å². The molecule has 0 aliphatic heterocycles. The highest BCUT2D eigenvalue weighted by atomic mass is 16.2. The SMILES string of the molecule is CCN(CC)C(=O)C1(C(=O)Nc2ccc(C)cc2C)CC1. The predicted octanol–water partition coefficient (Wildman–Crippen LogP) is 2.89. The van der Waals surface area contributed by atoms with Gasteiger partial charge in [-0.15, -0.1) is 0 Å². The fourth-order valence-electron chi connectivity index (χ4n) is 2.67. The molecule has 114 valence electrons. The maximum atomic E-state index is 12.6. The molecule has 0 spiro atoms. The van der Waals surface area contributed by atoms with Crippen LogP contribution < -0.4 is 5.32 Å². The molecule has 1 fully saturated rings. The predicted molar refractivity (Wildman–Crippen MR) is 84.1 cm³/mol. The zero-order chi connectivity index (χ0) is 15.6. The second-order valence-corrected chi connectivity index (χ2v) is 5.83. The molecule has 4 nitrogen and oxygen atoms in total. The molecule has 0 aromatic heterocycles. The van der Waals surface area contributed by atoms with Crippen molar-refractivity contribution in [2.45, 2.75) is 40.5 Å². The number of rotatable bonds is 5. The molecule has 0 heterocycles. The number of carbonyl (C=O) groups is 2. The van der Waals surface area contributed by atoms with E-state index >= 15 is 0 Å². The van der Waals surface area contributed by atoms with Gasteiger partial charge in [0, 0.05) is 18.8 Å². The van der Waals surface area contributed by atoms with Crippen LogP contribution in [0.2, 0.25) is 0 Å². The van der Waals surface area contributed by atoms with Crippen molar-refractivity contribution >= 4 is 17.5 Å². The highest BCUT2D eigenvalue weighted by molar-refractivity contribution is 6.13.